The van der Waals surface area contributed by atoms with Crippen LogP contribution < -0.4 is 4.74 Å². The van der Waals surface area contributed by atoms with Crippen molar-refractivity contribution in [3.05, 3.63) is 48.4 Å². The summed E-state index contributed by atoms with van der Waals surface area (Å²) in [6.07, 6.45) is 5.15. The fourth-order valence-electron chi connectivity index (χ4n) is 2.52. The predicted molar refractivity (Wildman–Crippen MR) is 80.8 cm³/mol. The van der Waals surface area contributed by atoms with Crippen molar-refractivity contribution >= 4 is 10.0 Å². The quantitative estimate of drug-likeness (QED) is 0.839. The predicted octanol–water partition coefficient (Wildman–Crippen LogP) is 1.99. The summed E-state index contributed by atoms with van der Waals surface area (Å²) in [7, 11) is -4.08. The molecular weight excluding hydrogens is 340 g/mol. The Labute approximate surface area is 138 Å². The first kappa shape index (κ1) is 16.7. The van der Waals surface area contributed by atoms with Crippen LogP contribution in [0.4, 0.5) is 8.78 Å². The molecule has 3 rings (SSSR count). The van der Waals surface area contributed by atoms with Crippen LogP contribution >= 0.6 is 0 Å². The molecule has 9 heteroatoms. The number of halogens is 2. The molecule has 0 saturated carbocycles. The molecule has 128 valence electrons. The first-order chi connectivity index (χ1) is 11.5. The van der Waals surface area contributed by atoms with Gasteiger partial charge in [0.25, 0.3) is 0 Å². The smallest absolute Gasteiger partial charge is 0.246 e. The van der Waals surface area contributed by atoms with Crippen molar-refractivity contribution in [2.45, 2.75) is 23.8 Å². The Morgan fingerprint density at radius 1 is 1.17 bits per heavy atom. The summed E-state index contributed by atoms with van der Waals surface area (Å²) in [5.41, 5.74) is 0. The minimum absolute atomic E-state index is 0.156. The summed E-state index contributed by atoms with van der Waals surface area (Å²) in [6.45, 7) is 0.312. The van der Waals surface area contributed by atoms with Crippen molar-refractivity contribution in [1.29, 1.82) is 0 Å². The van der Waals surface area contributed by atoms with Gasteiger partial charge in [-0.1, -0.05) is 0 Å². The summed E-state index contributed by atoms with van der Waals surface area (Å²) in [4.78, 5) is 7.25. The SMILES string of the molecule is O=S(=O)(c1cc(F)ccc1F)N1CCC(Oc2cnccn2)CC1. The molecule has 0 aliphatic carbocycles. The third-order valence-electron chi connectivity index (χ3n) is 3.74. The van der Waals surface area contributed by atoms with E-state index in [1.807, 2.05) is 0 Å². The third kappa shape index (κ3) is 3.51. The lowest BCUT2D eigenvalue weighted by molar-refractivity contribution is 0.129. The van der Waals surface area contributed by atoms with E-state index in [0.29, 0.717) is 24.8 Å². The Hall–Kier alpha value is -2.13. The standard InChI is InChI=1S/C15H15F2N3O3S/c16-11-1-2-13(17)14(9-11)24(21,22)20-7-3-12(4-8-20)23-15-10-18-5-6-19-15/h1-2,5-6,9-10,12H,3-4,7-8H2. The van der Waals surface area contributed by atoms with E-state index in [4.69, 9.17) is 4.74 Å². The maximum absolute atomic E-state index is 13.8. The average Bonchev–Trinajstić information content (AvgIpc) is 2.58. The zero-order valence-electron chi connectivity index (χ0n) is 12.6. The Bertz CT molecular complexity index is 810. The molecule has 1 fully saturated rings. The van der Waals surface area contributed by atoms with Crippen molar-refractivity contribution in [2.24, 2.45) is 0 Å². The molecule has 0 amide bonds. The lowest BCUT2D eigenvalue weighted by Crippen LogP contribution is -2.42. The molecule has 1 aliphatic heterocycles. The molecule has 0 bridgehead atoms. The van der Waals surface area contributed by atoms with Crippen LogP contribution in [0, 0.1) is 11.6 Å². The fraction of sp³-hybridized carbons (Fsp3) is 0.333. The highest BCUT2D eigenvalue weighted by Gasteiger charge is 2.32. The Balaban J connectivity index is 1.68. The van der Waals surface area contributed by atoms with E-state index in [-0.39, 0.29) is 19.2 Å². The van der Waals surface area contributed by atoms with E-state index in [0.717, 1.165) is 16.4 Å². The fourth-order valence-corrected chi connectivity index (χ4v) is 4.07. The second kappa shape index (κ2) is 6.78. The van der Waals surface area contributed by atoms with E-state index in [2.05, 4.69) is 9.97 Å². The lowest BCUT2D eigenvalue weighted by Gasteiger charge is -2.31. The molecule has 6 nitrogen and oxygen atoms in total. The number of ether oxygens (including phenoxy) is 1. The van der Waals surface area contributed by atoms with Gasteiger partial charge in [-0.3, -0.25) is 4.98 Å². The van der Waals surface area contributed by atoms with Crippen molar-refractivity contribution in [1.82, 2.24) is 14.3 Å². The number of sulfonamides is 1. The number of nitrogens with zero attached hydrogens (tertiary/aromatic N) is 3. The average molecular weight is 355 g/mol. The van der Waals surface area contributed by atoms with Crippen molar-refractivity contribution < 1.29 is 21.9 Å². The highest BCUT2D eigenvalue weighted by atomic mass is 32.2. The van der Waals surface area contributed by atoms with Crippen LogP contribution in [-0.2, 0) is 10.0 Å². The number of rotatable bonds is 4. The van der Waals surface area contributed by atoms with Crippen LogP contribution in [0.5, 0.6) is 5.88 Å². The summed E-state index contributed by atoms with van der Waals surface area (Å²) in [5, 5.41) is 0. The van der Waals surface area contributed by atoms with Gasteiger partial charge in [0.05, 0.1) is 6.20 Å². The number of aromatic nitrogens is 2. The highest BCUT2D eigenvalue weighted by molar-refractivity contribution is 7.89. The van der Waals surface area contributed by atoms with Gasteiger partial charge in [-0.05, 0) is 31.0 Å². The minimum Gasteiger partial charge on any atom is -0.473 e. The Morgan fingerprint density at radius 3 is 2.58 bits per heavy atom. The largest absolute Gasteiger partial charge is 0.473 e. The van der Waals surface area contributed by atoms with E-state index in [1.54, 1.807) is 0 Å². The van der Waals surface area contributed by atoms with Crippen LogP contribution in [0.1, 0.15) is 12.8 Å². The number of benzene rings is 1. The molecule has 0 N–H and O–H groups in total. The van der Waals surface area contributed by atoms with Gasteiger partial charge in [0.2, 0.25) is 15.9 Å². The molecule has 1 aliphatic rings. The third-order valence-corrected chi connectivity index (χ3v) is 5.65. The van der Waals surface area contributed by atoms with Crippen molar-refractivity contribution in [2.75, 3.05) is 13.1 Å². The summed E-state index contributed by atoms with van der Waals surface area (Å²) >= 11 is 0. The van der Waals surface area contributed by atoms with E-state index < -0.39 is 26.6 Å². The summed E-state index contributed by atoms with van der Waals surface area (Å²) in [5.74, 6) is -1.39. The van der Waals surface area contributed by atoms with Gasteiger partial charge in [0.1, 0.15) is 22.6 Å². The molecule has 0 radical (unpaired) electrons. The van der Waals surface area contributed by atoms with Gasteiger partial charge < -0.3 is 4.74 Å². The molecule has 0 atom stereocenters. The van der Waals surface area contributed by atoms with Gasteiger partial charge in [0.15, 0.2) is 0 Å². The van der Waals surface area contributed by atoms with E-state index in [1.165, 1.54) is 18.6 Å². The second-order valence-electron chi connectivity index (χ2n) is 5.34. The molecule has 0 spiro atoms. The molecule has 0 unspecified atom stereocenters. The van der Waals surface area contributed by atoms with E-state index >= 15 is 0 Å². The monoisotopic (exact) mass is 355 g/mol. The number of piperidine rings is 1. The lowest BCUT2D eigenvalue weighted by atomic mass is 10.1. The topological polar surface area (TPSA) is 72.4 Å². The number of hydrogen-bond donors (Lipinski definition) is 0. The first-order valence-electron chi connectivity index (χ1n) is 7.35. The zero-order valence-corrected chi connectivity index (χ0v) is 13.4. The first-order valence-corrected chi connectivity index (χ1v) is 8.79. The van der Waals surface area contributed by atoms with Gasteiger partial charge in [-0.2, -0.15) is 4.31 Å². The molecule has 2 heterocycles. The Kier molecular flexibility index (Phi) is 4.72. The highest BCUT2D eigenvalue weighted by Crippen LogP contribution is 2.25. The van der Waals surface area contributed by atoms with Gasteiger partial charge in [-0.25, -0.2) is 22.2 Å². The van der Waals surface area contributed by atoms with Crippen LogP contribution in [0.25, 0.3) is 0 Å². The van der Waals surface area contributed by atoms with Gasteiger partial charge in [0, 0.05) is 25.5 Å². The summed E-state index contributed by atoms with van der Waals surface area (Å²) in [6, 6.07) is 2.40. The zero-order chi connectivity index (χ0) is 17.2. The minimum atomic E-state index is -4.08. The molecule has 24 heavy (non-hydrogen) atoms. The van der Waals surface area contributed by atoms with E-state index in [9.17, 15) is 17.2 Å². The van der Waals surface area contributed by atoms with Crippen LogP contribution in [-0.4, -0.2) is 41.9 Å². The van der Waals surface area contributed by atoms with Crippen molar-refractivity contribution in [3.8, 4) is 5.88 Å². The molecular formula is C15H15F2N3O3S. The molecule has 1 aromatic heterocycles. The van der Waals surface area contributed by atoms with Crippen LogP contribution in [0.3, 0.4) is 0 Å². The van der Waals surface area contributed by atoms with Crippen LogP contribution in [0.15, 0.2) is 41.7 Å². The van der Waals surface area contributed by atoms with Gasteiger partial charge >= 0.3 is 0 Å². The summed E-state index contributed by atoms with van der Waals surface area (Å²) < 4.78 is 58.8. The molecule has 1 aromatic carbocycles. The van der Waals surface area contributed by atoms with Gasteiger partial charge in [-0.15, -0.1) is 0 Å². The van der Waals surface area contributed by atoms with Crippen molar-refractivity contribution in [3.63, 3.8) is 0 Å². The maximum Gasteiger partial charge on any atom is 0.246 e. The maximum atomic E-state index is 13.8. The van der Waals surface area contributed by atoms with Crippen LogP contribution in [0.2, 0.25) is 0 Å². The number of hydrogen-bond acceptors (Lipinski definition) is 5. The second-order valence-corrected chi connectivity index (χ2v) is 7.25. The normalized spacial score (nSPS) is 16.9. The Morgan fingerprint density at radius 2 is 1.92 bits per heavy atom. The molecule has 2 aromatic rings. The molecule has 1 saturated heterocycles.